The lowest BCUT2D eigenvalue weighted by molar-refractivity contribution is -0.0716. The van der Waals surface area contributed by atoms with Crippen LogP contribution < -0.4 is 19.1 Å². The average molecular weight is 662 g/mol. The van der Waals surface area contributed by atoms with E-state index in [1.165, 1.54) is 6.07 Å². The number of aromatic carboxylic acids is 1. The third-order valence-electron chi connectivity index (χ3n) is 9.70. The van der Waals surface area contributed by atoms with Gasteiger partial charge in [0.05, 0.1) is 73.4 Å². The number of hydrogen-bond donors (Lipinski definition) is 1. The Morgan fingerprint density at radius 2 is 2.02 bits per heavy atom. The van der Waals surface area contributed by atoms with Gasteiger partial charge in [0, 0.05) is 32.8 Å². The second-order valence-corrected chi connectivity index (χ2v) is 13.0. The van der Waals surface area contributed by atoms with E-state index in [1.807, 2.05) is 25.1 Å². The van der Waals surface area contributed by atoms with Crippen molar-refractivity contribution in [3.63, 3.8) is 0 Å². The molecule has 0 aliphatic carbocycles. The first-order valence-electron chi connectivity index (χ1n) is 15.9. The minimum absolute atomic E-state index is 0.0428. The summed E-state index contributed by atoms with van der Waals surface area (Å²) in [4.78, 5) is 26.3. The van der Waals surface area contributed by atoms with E-state index in [1.54, 1.807) is 25.4 Å². The van der Waals surface area contributed by atoms with Gasteiger partial charge in [0.1, 0.15) is 22.8 Å². The Morgan fingerprint density at radius 3 is 2.79 bits per heavy atom. The fourth-order valence-corrected chi connectivity index (χ4v) is 7.46. The number of benzene rings is 2. The van der Waals surface area contributed by atoms with E-state index in [9.17, 15) is 9.90 Å². The van der Waals surface area contributed by atoms with Crippen molar-refractivity contribution in [2.45, 2.75) is 56.8 Å². The summed E-state index contributed by atoms with van der Waals surface area (Å²) in [5.74, 6) is 0.548. The quantitative estimate of drug-likeness (QED) is 0.283. The summed E-state index contributed by atoms with van der Waals surface area (Å²) in [5, 5.41) is 10.4. The number of anilines is 1. The van der Waals surface area contributed by atoms with Crippen molar-refractivity contribution in [3.8, 4) is 17.2 Å². The fourth-order valence-electron chi connectivity index (χ4n) is 7.35. The molecule has 0 unspecified atom stereocenters. The summed E-state index contributed by atoms with van der Waals surface area (Å²) in [6.45, 7) is 6.40. The summed E-state index contributed by atoms with van der Waals surface area (Å²) in [6, 6.07) is 13.0. The number of hydrogen-bond acceptors (Lipinski definition) is 10. The first kappa shape index (κ1) is 30.2. The van der Waals surface area contributed by atoms with Crippen LogP contribution in [0.15, 0.2) is 48.7 Å². The largest absolute Gasteiger partial charge is 0.494 e. The molecule has 12 nitrogen and oxygen atoms in total. The predicted octanol–water partition coefficient (Wildman–Crippen LogP) is 4.70. The van der Waals surface area contributed by atoms with Crippen LogP contribution >= 0.6 is 11.6 Å². The molecule has 4 atom stereocenters. The molecule has 0 bridgehead atoms. The second-order valence-electron chi connectivity index (χ2n) is 12.6. The zero-order valence-electron chi connectivity index (χ0n) is 26.2. The van der Waals surface area contributed by atoms with Crippen molar-refractivity contribution in [2.24, 2.45) is 0 Å². The van der Waals surface area contributed by atoms with Gasteiger partial charge in [0.2, 0.25) is 0 Å². The Morgan fingerprint density at radius 1 is 1.15 bits per heavy atom. The SMILES string of the molecule is COc1cc(C(=O)O)cc2c1nc(CN1CCN(c3cccc4c3O[C@](C)(c3ccc(Cl)cn3)O4)[C@H]3COC[C@H]31)n2C[C@@H]1CCCO1. The summed E-state index contributed by atoms with van der Waals surface area (Å²) in [5.41, 5.74) is 3.14. The number of fused-ring (bicyclic) bond motifs is 3. The zero-order valence-corrected chi connectivity index (χ0v) is 27.0. The summed E-state index contributed by atoms with van der Waals surface area (Å²) in [6.07, 6.45) is 3.59. The van der Waals surface area contributed by atoms with Crippen molar-refractivity contribution in [3.05, 3.63) is 70.8 Å². The van der Waals surface area contributed by atoms with Gasteiger partial charge >= 0.3 is 5.97 Å². The van der Waals surface area contributed by atoms with Crippen molar-refractivity contribution in [1.29, 1.82) is 0 Å². The van der Waals surface area contributed by atoms with Gasteiger partial charge in [0.15, 0.2) is 11.5 Å². The van der Waals surface area contributed by atoms with Gasteiger partial charge in [0.25, 0.3) is 5.79 Å². The Bertz CT molecular complexity index is 1830. The van der Waals surface area contributed by atoms with Crippen molar-refractivity contribution >= 4 is 34.3 Å². The smallest absolute Gasteiger partial charge is 0.335 e. The second kappa shape index (κ2) is 11.9. The van der Waals surface area contributed by atoms with Gasteiger partial charge in [-0.05, 0) is 49.2 Å². The number of aromatic nitrogens is 3. The van der Waals surface area contributed by atoms with Crippen LogP contribution in [-0.4, -0.2) is 88.7 Å². The average Bonchev–Trinajstić information content (AvgIpc) is 3.88. The number of para-hydroxylation sites is 1. The highest BCUT2D eigenvalue weighted by Crippen LogP contribution is 2.50. The monoisotopic (exact) mass is 661 g/mol. The number of nitrogens with zero attached hydrogens (tertiary/aromatic N) is 5. The number of carboxylic acids is 1. The van der Waals surface area contributed by atoms with E-state index in [4.69, 9.17) is 40.3 Å². The Hall–Kier alpha value is -4.10. The van der Waals surface area contributed by atoms with Crippen LogP contribution in [0.4, 0.5) is 5.69 Å². The molecule has 47 heavy (non-hydrogen) atoms. The highest BCUT2D eigenvalue weighted by atomic mass is 35.5. The zero-order chi connectivity index (χ0) is 32.3. The minimum atomic E-state index is -1.08. The van der Waals surface area contributed by atoms with E-state index in [0.29, 0.717) is 59.8 Å². The topological polar surface area (TPSA) is 121 Å². The Labute approximate surface area is 276 Å². The van der Waals surface area contributed by atoms with E-state index in [-0.39, 0.29) is 23.8 Å². The summed E-state index contributed by atoms with van der Waals surface area (Å²) < 4.78 is 32.7. The molecule has 4 aliphatic heterocycles. The molecule has 2 aromatic carbocycles. The van der Waals surface area contributed by atoms with E-state index in [0.717, 1.165) is 49.6 Å². The third kappa shape index (κ3) is 5.33. The maximum atomic E-state index is 12.0. The molecule has 0 spiro atoms. The number of rotatable bonds is 8. The van der Waals surface area contributed by atoms with Crippen LogP contribution in [0.1, 0.15) is 41.6 Å². The molecule has 0 radical (unpaired) electrons. The maximum absolute atomic E-state index is 12.0. The highest BCUT2D eigenvalue weighted by molar-refractivity contribution is 6.30. The van der Waals surface area contributed by atoms with E-state index >= 15 is 0 Å². The molecule has 0 saturated carbocycles. The molecule has 13 heteroatoms. The molecule has 1 N–H and O–H groups in total. The molecular weight excluding hydrogens is 626 g/mol. The number of carboxylic acid groups (broad SMARTS) is 1. The molecule has 3 saturated heterocycles. The van der Waals surface area contributed by atoms with Crippen molar-refractivity contribution in [1.82, 2.24) is 19.4 Å². The third-order valence-corrected chi connectivity index (χ3v) is 9.92. The van der Waals surface area contributed by atoms with Crippen LogP contribution in [0.2, 0.25) is 5.02 Å². The first-order valence-corrected chi connectivity index (χ1v) is 16.3. The van der Waals surface area contributed by atoms with Gasteiger partial charge in [-0.2, -0.15) is 0 Å². The Balaban J connectivity index is 1.09. The van der Waals surface area contributed by atoms with Gasteiger partial charge in [-0.25, -0.2) is 9.78 Å². The molecule has 6 heterocycles. The number of halogens is 1. The van der Waals surface area contributed by atoms with Crippen molar-refractivity contribution in [2.75, 3.05) is 44.9 Å². The number of methoxy groups -OCH3 is 1. The van der Waals surface area contributed by atoms with Crippen LogP contribution in [-0.2, 0) is 28.4 Å². The molecule has 246 valence electrons. The fraction of sp³-hybridized carbons (Fsp3) is 0.441. The number of imidazole rings is 1. The van der Waals surface area contributed by atoms with Crippen LogP contribution in [0.3, 0.4) is 0 Å². The van der Waals surface area contributed by atoms with Crippen LogP contribution in [0, 0.1) is 0 Å². The number of ether oxygens (including phenoxy) is 5. The van der Waals surface area contributed by atoms with E-state index < -0.39 is 11.8 Å². The normalized spacial score (nSPS) is 25.4. The minimum Gasteiger partial charge on any atom is -0.494 e. The van der Waals surface area contributed by atoms with Gasteiger partial charge < -0.3 is 38.3 Å². The molecule has 4 aliphatic rings. The maximum Gasteiger partial charge on any atom is 0.335 e. The van der Waals surface area contributed by atoms with Gasteiger partial charge in [-0.1, -0.05) is 17.7 Å². The molecule has 0 amide bonds. The molecule has 3 fully saturated rings. The first-order chi connectivity index (χ1) is 22.8. The lowest BCUT2D eigenvalue weighted by Gasteiger charge is -2.44. The highest BCUT2D eigenvalue weighted by Gasteiger charge is 2.46. The van der Waals surface area contributed by atoms with Gasteiger partial charge in [-0.15, -0.1) is 0 Å². The lowest BCUT2D eigenvalue weighted by Crippen LogP contribution is -2.59. The lowest BCUT2D eigenvalue weighted by atomic mass is 10.0. The Kier molecular flexibility index (Phi) is 7.63. The van der Waals surface area contributed by atoms with Crippen LogP contribution in [0.25, 0.3) is 11.0 Å². The number of pyridine rings is 1. The van der Waals surface area contributed by atoms with Crippen molar-refractivity contribution < 1.29 is 33.6 Å². The van der Waals surface area contributed by atoms with E-state index in [2.05, 4.69) is 25.4 Å². The molecule has 4 aromatic rings. The molecule has 2 aromatic heterocycles. The predicted molar refractivity (Wildman–Crippen MR) is 173 cm³/mol. The summed E-state index contributed by atoms with van der Waals surface area (Å²) >= 11 is 6.09. The van der Waals surface area contributed by atoms with Gasteiger partial charge in [-0.3, -0.25) is 9.88 Å². The van der Waals surface area contributed by atoms with Crippen LogP contribution in [0.5, 0.6) is 17.2 Å². The molecular formula is C34H36ClN5O7. The standard InChI is InChI=1S/C34H36ClN5O7/c1-34(29-9-8-21(35)15-36-29)46-27-7-3-6-23(32(27)47-34)39-11-10-38(25-18-44-19-26(25)39)17-30-37-31-24(40(30)16-22-5-4-12-45-22)13-20(33(41)42)14-28(31)43-2/h3,6-9,13-15,22,25-26H,4-5,10-12,16-19H2,1-2H3,(H,41,42)/t22-,25+,26-,34+/m0/s1. The molecule has 8 rings (SSSR count). The summed E-state index contributed by atoms with van der Waals surface area (Å²) in [7, 11) is 1.54. The number of carbonyl (C=O) groups is 1. The number of piperazine rings is 1.